The molecular formula is C20H26F3N3O2+2. The molecule has 0 radical (unpaired) electrons. The first-order valence-corrected chi connectivity index (χ1v) is 9.20. The number of quaternary nitrogens is 1. The van der Waals surface area contributed by atoms with E-state index in [2.05, 4.69) is 16.8 Å². The molecule has 1 aromatic carbocycles. The molecule has 0 aliphatic carbocycles. The molecule has 1 saturated heterocycles. The Bertz CT molecular complexity index is 802. The summed E-state index contributed by atoms with van der Waals surface area (Å²) >= 11 is 0. The fourth-order valence-corrected chi connectivity index (χ4v) is 3.51. The van der Waals surface area contributed by atoms with Gasteiger partial charge in [0.2, 0.25) is 0 Å². The minimum atomic E-state index is -4.32. The van der Waals surface area contributed by atoms with Crippen molar-refractivity contribution < 1.29 is 32.5 Å². The third-order valence-electron chi connectivity index (χ3n) is 5.22. The molecule has 0 saturated carbocycles. The van der Waals surface area contributed by atoms with Gasteiger partial charge in [-0.1, -0.05) is 0 Å². The van der Waals surface area contributed by atoms with E-state index < -0.39 is 11.7 Å². The maximum absolute atomic E-state index is 12.7. The van der Waals surface area contributed by atoms with Gasteiger partial charge >= 0.3 is 6.18 Å². The van der Waals surface area contributed by atoms with Gasteiger partial charge < -0.3 is 14.4 Å². The van der Waals surface area contributed by atoms with Crippen LogP contribution in [0.4, 0.5) is 19.0 Å². The molecule has 2 aromatic rings. The number of nitrogens with zero attached hydrogens (tertiary/aromatic N) is 1. The largest absolute Gasteiger partial charge is 0.493 e. The molecule has 0 bridgehead atoms. The van der Waals surface area contributed by atoms with E-state index in [1.807, 2.05) is 12.1 Å². The third kappa shape index (κ3) is 4.49. The molecule has 1 aromatic heterocycles. The molecule has 152 valence electrons. The summed E-state index contributed by atoms with van der Waals surface area (Å²) in [6.07, 6.45) is -3.29. The average Bonchev–Trinajstić information content (AvgIpc) is 2.69. The zero-order valence-corrected chi connectivity index (χ0v) is 16.3. The van der Waals surface area contributed by atoms with Gasteiger partial charge in [0.15, 0.2) is 11.5 Å². The highest BCUT2D eigenvalue weighted by molar-refractivity contribution is 5.46. The quantitative estimate of drug-likeness (QED) is 0.836. The number of benzene rings is 1. The van der Waals surface area contributed by atoms with Crippen LogP contribution in [0.3, 0.4) is 0 Å². The molecule has 8 heteroatoms. The number of halogens is 3. The maximum Gasteiger partial charge on any atom is 0.419 e. The lowest BCUT2D eigenvalue weighted by molar-refractivity contribution is -0.914. The predicted octanol–water partition coefficient (Wildman–Crippen LogP) is 1.75. The van der Waals surface area contributed by atoms with E-state index in [1.165, 1.54) is 16.5 Å². The second-order valence-electron chi connectivity index (χ2n) is 7.01. The molecule has 2 heterocycles. The highest BCUT2D eigenvalue weighted by Gasteiger charge is 2.33. The summed E-state index contributed by atoms with van der Waals surface area (Å²) in [6.45, 7) is 6.30. The van der Waals surface area contributed by atoms with E-state index >= 15 is 0 Å². The molecular weight excluding hydrogens is 371 g/mol. The number of hydrogen-bond acceptors (Lipinski definition) is 3. The second kappa shape index (κ2) is 8.26. The van der Waals surface area contributed by atoms with Crippen molar-refractivity contribution in [2.45, 2.75) is 19.6 Å². The van der Waals surface area contributed by atoms with Crippen molar-refractivity contribution in [2.24, 2.45) is 0 Å². The van der Waals surface area contributed by atoms with E-state index in [9.17, 15) is 13.2 Å². The fourth-order valence-electron chi connectivity index (χ4n) is 3.51. The van der Waals surface area contributed by atoms with Crippen LogP contribution in [0.2, 0.25) is 0 Å². The molecule has 1 aliphatic heterocycles. The number of aromatic amines is 1. The molecule has 5 nitrogen and oxygen atoms in total. The molecule has 2 N–H and O–H groups in total. The van der Waals surface area contributed by atoms with Gasteiger partial charge in [0.25, 0.3) is 5.82 Å². The summed E-state index contributed by atoms with van der Waals surface area (Å²) in [7, 11) is 3.25. The Labute approximate surface area is 162 Å². The van der Waals surface area contributed by atoms with Crippen LogP contribution in [0, 0.1) is 6.92 Å². The van der Waals surface area contributed by atoms with Crippen LogP contribution in [0.15, 0.2) is 30.5 Å². The van der Waals surface area contributed by atoms with Crippen LogP contribution in [0.25, 0.3) is 0 Å². The van der Waals surface area contributed by atoms with Crippen molar-refractivity contribution >= 4 is 5.82 Å². The molecule has 0 amide bonds. The molecule has 0 spiro atoms. The van der Waals surface area contributed by atoms with Crippen LogP contribution in [-0.4, -0.2) is 40.4 Å². The smallest absolute Gasteiger partial charge is 0.419 e. The lowest BCUT2D eigenvalue weighted by Gasteiger charge is -2.29. The lowest BCUT2D eigenvalue weighted by Crippen LogP contribution is -3.13. The van der Waals surface area contributed by atoms with Crippen molar-refractivity contribution in [2.75, 3.05) is 45.3 Å². The number of H-pyrrole nitrogens is 1. The Balaban J connectivity index is 1.61. The Morgan fingerprint density at radius 3 is 2.25 bits per heavy atom. The summed E-state index contributed by atoms with van der Waals surface area (Å²) < 4.78 is 48.8. The number of ether oxygens (including phenoxy) is 2. The van der Waals surface area contributed by atoms with Crippen molar-refractivity contribution in [1.29, 1.82) is 0 Å². The van der Waals surface area contributed by atoms with E-state index in [0.29, 0.717) is 5.82 Å². The van der Waals surface area contributed by atoms with Crippen molar-refractivity contribution in [1.82, 2.24) is 0 Å². The van der Waals surface area contributed by atoms with Gasteiger partial charge in [-0.3, -0.25) is 4.90 Å². The summed E-state index contributed by atoms with van der Waals surface area (Å²) in [6, 6.07) is 6.64. The number of pyridine rings is 1. The van der Waals surface area contributed by atoms with Crippen LogP contribution in [-0.2, 0) is 12.7 Å². The van der Waals surface area contributed by atoms with Crippen LogP contribution >= 0.6 is 0 Å². The topological polar surface area (TPSA) is 40.3 Å². The van der Waals surface area contributed by atoms with Gasteiger partial charge in [-0.15, -0.1) is 0 Å². The number of alkyl halides is 3. The molecule has 0 atom stereocenters. The Hall–Kier alpha value is -2.48. The molecule has 1 aliphatic rings. The number of anilines is 1. The van der Waals surface area contributed by atoms with Crippen molar-refractivity contribution in [3.8, 4) is 11.5 Å². The number of aromatic nitrogens is 1. The van der Waals surface area contributed by atoms with Gasteiger partial charge in [0.1, 0.15) is 38.9 Å². The zero-order chi connectivity index (χ0) is 20.3. The number of nitrogens with one attached hydrogen (secondary N) is 2. The van der Waals surface area contributed by atoms with E-state index in [0.717, 1.165) is 62.0 Å². The fraction of sp³-hybridized carbons (Fsp3) is 0.450. The molecule has 0 unspecified atom stereocenters. The molecule has 1 fully saturated rings. The number of methoxy groups -OCH3 is 2. The monoisotopic (exact) mass is 397 g/mol. The molecule has 28 heavy (non-hydrogen) atoms. The molecule has 3 rings (SSSR count). The van der Waals surface area contributed by atoms with E-state index in [4.69, 9.17) is 9.47 Å². The van der Waals surface area contributed by atoms with Crippen LogP contribution in [0.1, 0.15) is 16.7 Å². The average molecular weight is 397 g/mol. The number of piperazine rings is 1. The van der Waals surface area contributed by atoms with Crippen LogP contribution in [0.5, 0.6) is 11.5 Å². The summed E-state index contributed by atoms with van der Waals surface area (Å²) in [5, 5.41) is 0. The lowest BCUT2D eigenvalue weighted by atomic mass is 10.1. The second-order valence-corrected chi connectivity index (χ2v) is 7.01. The first kappa shape index (κ1) is 20.3. The Morgan fingerprint density at radius 1 is 1.07 bits per heavy atom. The normalized spacial score (nSPS) is 15.6. The van der Waals surface area contributed by atoms with Crippen LogP contribution < -0.4 is 24.3 Å². The SMILES string of the molecule is COc1cc(C)c(C[NH+]2CCN(c3ccc(C(F)(F)F)c[nH+]3)CC2)cc1OC. The van der Waals surface area contributed by atoms with Crippen molar-refractivity contribution in [3.05, 3.63) is 47.2 Å². The Kier molecular flexibility index (Phi) is 5.98. The summed E-state index contributed by atoms with van der Waals surface area (Å²) in [4.78, 5) is 6.30. The number of hydrogen-bond donors (Lipinski definition) is 1. The highest BCUT2D eigenvalue weighted by Crippen LogP contribution is 2.30. The van der Waals surface area contributed by atoms with Gasteiger partial charge in [-0.2, -0.15) is 13.2 Å². The predicted molar refractivity (Wildman–Crippen MR) is 98.9 cm³/mol. The zero-order valence-electron chi connectivity index (χ0n) is 16.3. The van der Waals surface area contributed by atoms with Crippen molar-refractivity contribution in [3.63, 3.8) is 0 Å². The third-order valence-corrected chi connectivity index (χ3v) is 5.22. The minimum Gasteiger partial charge on any atom is -0.493 e. The highest BCUT2D eigenvalue weighted by atomic mass is 19.4. The van der Waals surface area contributed by atoms with E-state index in [-0.39, 0.29) is 0 Å². The summed E-state index contributed by atoms with van der Waals surface area (Å²) in [5.74, 6) is 2.16. The first-order chi connectivity index (χ1) is 13.3. The minimum absolute atomic E-state index is 0.663. The van der Waals surface area contributed by atoms with Gasteiger partial charge in [0.05, 0.1) is 19.8 Å². The van der Waals surface area contributed by atoms with Gasteiger partial charge in [0, 0.05) is 11.6 Å². The summed E-state index contributed by atoms with van der Waals surface area (Å²) in [5.41, 5.74) is 1.70. The first-order valence-electron chi connectivity index (χ1n) is 9.20. The standard InChI is InChI=1S/C20H24F3N3O2/c1-14-10-17(27-2)18(28-3)11-15(14)13-25-6-8-26(9-7-25)19-5-4-16(12-24-19)20(21,22)23/h4-5,10-12H,6-9,13H2,1-3H3/p+2. The number of rotatable bonds is 5. The van der Waals surface area contributed by atoms with Gasteiger partial charge in [-0.05, 0) is 30.7 Å². The number of aryl methyl sites for hydroxylation is 1. The Morgan fingerprint density at radius 2 is 1.71 bits per heavy atom. The van der Waals surface area contributed by atoms with E-state index in [1.54, 1.807) is 14.2 Å². The van der Waals surface area contributed by atoms with Gasteiger partial charge in [-0.25, -0.2) is 4.98 Å². The maximum atomic E-state index is 12.7.